The molecule has 1 N–H and O–H groups in total. The van der Waals surface area contributed by atoms with Gasteiger partial charge in [0.15, 0.2) is 11.5 Å². The van der Waals surface area contributed by atoms with Crippen molar-refractivity contribution in [3.05, 3.63) is 53.1 Å². The van der Waals surface area contributed by atoms with E-state index in [-0.39, 0.29) is 5.91 Å². The Bertz CT molecular complexity index is 822. The Balaban J connectivity index is 1.52. The van der Waals surface area contributed by atoms with Crippen LogP contribution in [0.3, 0.4) is 0 Å². The summed E-state index contributed by atoms with van der Waals surface area (Å²) in [7, 11) is 4.59. The van der Waals surface area contributed by atoms with Crippen LogP contribution in [0.25, 0.3) is 0 Å². The molecule has 3 rings (SSSR count). The van der Waals surface area contributed by atoms with Crippen molar-refractivity contribution in [2.45, 2.75) is 19.4 Å². The number of hydrogen-bond acceptors (Lipinski definition) is 5. The van der Waals surface area contributed by atoms with Gasteiger partial charge in [-0.1, -0.05) is 24.3 Å². The number of nitrogens with one attached hydrogen (secondary N) is 1. The van der Waals surface area contributed by atoms with Gasteiger partial charge in [-0.2, -0.15) is 0 Å². The third-order valence-corrected chi connectivity index (χ3v) is 5.10. The van der Waals surface area contributed by atoms with E-state index in [0.29, 0.717) is 29.4 Å². The number of hydrogen-bond donors (Lipinski definition) is 1. The maximum atomic E-state index is 12.6. The van der Waals surface area contributed by atoms with Crippen LogP contribution in [-0.2, 0) is 13.0 Å². The smallest absolute Gasteiger partial charge is 0.255 e. The predicted octanol–water partition coefficient (Wildman–Crippen LogP) is 2.89. The van der Waals surface area contributed by atoms with Crippen molar-refractivity contribution in [3.63, 3.8) is 0 Å². The van der Waals surface area contributed by atoms with Crippen molar-refractivity contribution < 1.29 is 19.0 Å². The molecule has 6 heteroatoms. The second-order valence-corrected chi connectivity index (χ2v) is 6.79. The van der Waals surface area contributed by atoms with Crippen molar-refractivity contribution in [2.75, 3.05) is 41.0 Å². The zero-order chi connectivity index (χ0) is 19.9. The monoisotopic (exact) mass is 384 g/mol. The van der Waals surface area contributed by atoms with Crippen LogP contribution in [0.15, 0.2) is 36.4 Å². The van der Waals surface area contributed by atoms with Crippen LogP contribution in [0.2, 0.25) is 0 Å². The summed E-state index contributed by atoms with van der Waals surface area (Å²) in [4.78, 5) is 15.0. The van der Waals surface area contributed by atoms with E-state index in [0.717, 1.165) is 32.5 Å². The first-order valence-electron chi connectivity index (χ1n) is 9.54. The molecule has 0 fully saturated rings. The summed E-state index contributed by atoms with van der Waals surface area (Å²) in [6, 6.07) is 12.0. The van der Waals surface area contributed by atoms with E-state index in [4.69, 9.17) is 14.2 Å². The molecule has 2 aromatic rings. The number of methoxy groups -OCH3 is 3. The van der Waals surface area contributed by atoms with Gasteiger partial charge in [0, 0.05) is 26.2 Å². The van der Waals surface area contributed by atoms with Crippen LogP contribution >= 0.6 is 0 Å². The van der Waals surface area contributed by atoms with Gasteiger partial charge in [-0.3, -0.25) is 9.69 Å². The number of nitrogens with zero attached hydrogens (tertiary/aromatic N) is 1. The normalized spacial score (nSPS) is 13.5. The minimum atomic E-state index is -0.179. The maximum Gasteiger partial charge on any atom is 0.255 e. The quantitative estimate of drug-likeness (QED) is 0.709. The molecule has 2 aromatic carbocycles. The zero-order valence-electron chi connectivity index (χ0n) is 16.8. The highest BCUT2D eigenvalue weighted by Gasteiger charge is 2.20. The van der Waals surface area contributed by atoms with Crippen LogP contribution in [0.1, 0.15) is 27.9 Å². The molecule has 0 saturated carbocycles. The summed E-state index contributed by atoms with van der Waals surface area (Å²) < 4.78 is 16.0. The molecule has 0 saturated heterocycles. The number of fused-ring (bicyclic) bond motifs is 1. The van der Waals surface area contributed by atoms with Crippen molar-refractivity contribution >= 4 is 5.91 Å². The second kappa shape index (κ2) is 9.46. The standard InChI is InChI=1S/C22H28N2O4/c1-26-19-10-9-18(20(27-2)21(19)28-3)22(25)23-12-6-13-24-14-11-16-7-4-5-8-17(16)15-24/h4-5,7-10H,6,11-15H2,1-3H3,(H,23,25). The average Bonchev–Trinajstić information content (AvgIpc) is 2.75. The first-order valence-corrected chi connectivity index (χ1v) is 9.54. The molecule has 0 spiro atoms. The molecule has 150 valence electrons. The Morgan fingerprint density at radius 2 is 1.75 bits per heavy atom. The molecule has 0 unspecified atom stereocenters. The molecular weight excluding hydrogens is 356 g/mol. The number of benzene rings is 2. The molecule has 0 aliphatic carbocycles. The summed E-state index contributed by atoms with van der Waals surface area (Å²) in [5.74, 6) is 1.15. The first kappa shape index (κ1) is 20.0. The van der Waals surface area contributed by atoms with Gasteiger partial charge in [0.2, 0.25) is 5.75 Å². The highest BCUT2D eigenvalue weighted by atomic mass is 16.5. The third-order valence-electron chi connectivity index (χ3n) is 5.10. The van der Waals surface area contributed by atoms with E-state index in [2.05, 4.69) is 34.5 Å². The van der Waals surface area contributed by atoms with E-state index in [1.807, 2.05) is 0 Å². The van der Waals surface area contributed by atoms with Gasteiger partial charge in [-0.15, -0.1) is 0 Å². The van der Waals surface area contributed by atoms with Crippen LogP contribution in [0.5, 0.6) is 17.2 Å². The lowest BCUT2D eigenvalue weighted by Gasteiger charge is -2.28. The molecule has 28 heavy (non-hydrogen) atoms. The van der Waals surface area contributed by atoms with E-state index in [1.165, 1.54) is 25.3 Å². The molecular formula is C22H28N2O4. The van der Waals surface area contributed by atoms with E-state index >= 15 is 0 Å². The lowest BCUT2D eigenvalue weighted by Crippen LogP contribution is -2.33. The molecule has 0 atom stereocenters. The SMILES string of the molecule is COc1ccc(C(=O)NCCCN2CCc3ccccc3C2)c(OC)c1OC. The van der Waals surface area contributed by atoms with Gasteiger partial charge in [0.25, 0.3) is 5.91 Å². The average molecular weight is 384 g/mol. The lowest BCUT2D eigenvalue weighted by atomic mass is 10.00. The van der Waals surface area contributed by atoms with Crippen molar-refractivity contribution in [1.29, 1.82) is 0 Å². The summed E-state index contributed by atoms with van der Waals surface area (Å²) in [5.41, 5.74) is 3.30. The number of rotatable bonds is 8. The molecule has 1 aliphatic rings. The van der Waals surface area contributed by atoms with E-state index in [1.54, 1.807) is 19.2 Å². The Kier molecular flexibility index (Phi) is 6.76. The minimum Gasteiger partial charge on any atom is -0.493 e. The van der Waals surface area contributed by atoms with Gasteiger partial charge < -0.3 is 19.5 Å². The summed E-state index contributed by atoms with van der Waals surface area (Å²) >= 11 is 0. The highest BCUT2D eigenvalue weighted by Crippen LogP contribution is 2.39. The topological polar surface area (TPSA) is 60.0 Å². The molecule has 0 radical (unpaired) electrons. The van der Waals surface area contributed by atoms with Gasteiger partial charge in [-0.25, -0.2) is 0 Å². The minimum absolute atomic E-state index is 0.179. The highest BCUT2D eigenvalue weighted by molar-refractivity contribution is 5.98. The van der Waals surface area contributed by atoms with Crippen LogP contribution in [0, 0.1) is 0 Å². The summed E-state index contributed by atoms with van der Waals surface area (Å²) in [6.45, 7) is 3.61. The van der Waals surface area contributed by atoms with Crippen molar-refractivity contribution in [2.24, 2.45) is 0 Å². The number of amides is 1. The summed E-state index contributed by atoms with van der Waals surface area (Å²) in [5, 5.41) is 2.98. The largest absolute Gasteiger partial charge is 0.493 e. The molecule has 1 heterocycles. The lowest BCUT2D eigenvalue weighted by molar-refractivity contribution is 0.0947. The van der Waals surface area contributed by atoms with Crippen molar-refractivity contribution in [1.82, 2.24) is 10.2 Å². The number of carbonyl (C=O) groups excluding carboxylic acids is 1. The zero-order valence-corrected chi connectivity index (χ0v) is 16.8. The number of carbonyl (C=O) groups is 1. The van der Waals surface area contributed by atoms with E-state index < -0.39 is 0 Å². The van der Waals surface area contributed by atoms with Gasteiger partial charge in [0.1, 0.15) is 0 Å². The Morgan fingerprint density at radius 1 is 1.00 bits per heavy atom. The van der Waals surface area contributed by atoms with Crippen LogP contribution < -0.4 is 19.5 Å². The molecule has 1 aliphatic heterocycles. The Hall–Kier alpha value is -2.73. The van der Waals surface area contributed by atoms with Gasteiger partial charge in [-0.05, 0) is 36.1 Å². The van der Waals surface area contributed by atoms with Crippen molar-refractivity contribution in [3.8, 4) is 17.2 Å². The fraction of sp³-hybridized carbons (Fsp3) is 0.409. The molecule has 0 bridgehead atoms. The predicted molar refractivity (Wildman–Crippen MR) is 108 cm³/mol. The molecule has 6 nitrogen and oxygen atoms in total. The first-order chi connectivity index (χ1) is 13.7. The fourth-order valence-corrected chi connectivity index (χ4v) is 3.62. The van der Waals surface area contributed by atoms with E-state index in [9.17, 15) is 4.79 Å². The maximum absolute atomic E-state index is 12.6. The molecule has 1 amide bonds. The summed E-state index contributed by atoms with van der Waals surface area (Å²) in [6.07, 6.45) is 1.98. The fourth-order valence-electron chi connectivity index (χ4n) is 3.62. The molecule has 0 aromatic heterocycles. The second-order valence-electron chi connectivity index (χ2n) is 6.79. The Labute approximate surface area is 166 Å². The van der Waals surface area contributed by atoms with Crippen LogP contribution in [0.4, 0.5) is 0 Å². The van der Waals surface area contributed by atoms with Crippen LogP contribution in [-0.4, -0.2) is 51.8 Å². The third kappa shape index (κ3) is 4.39. The van der Waals surface area contributed by atoms with Gasteiger partial charge >= 0.3 is 0 Å². The van der Waals surface area contributed by atoms with Gasteiger partial charge in [0.05, 0.1) is 26.9 Å². The Morgan fingerprint density at radius 3 is 2.46 bits per heavy atom. The number of ether oxygens (including phenoxy) is 3.